The van der Waals surface area contributed by atoms with Gasteiger partial charge in [0, 0.05) is 31.0 Å². The number of carbonyl (C=O) groups is 4. The maximum atomic E-state index is 13.4. The first-order chi connectivity index (χ1) is 37.4. The van der Waals surface area contributed by atoms with Crippen LogP contribution in [0.4, 0.5) is 4.79 Å². The fourth-order valence-electron chi connectivity index (χ4n) is 9.42. The number of aromatic nitrogens is 10. The first kappa shape index (κ1) is 54.5. The molecule has 3 N–H and O–H groups in total. The SMILES string of the molecule is CCCCC(=O)N(Cc1ccc(-c2ccccc2-c2nnn[nH]2)cc1)[C@H](C(=O)O)C(C)C.CCOc1nc2cccc(C(=O)OC(C)OC(=O)OC3CCCCC3)c2n1Cc1ccc(-c2ccccc2-c2nnn[nH]2)cc1. The zero-order valence-electron chi connectivity index (χ0n) is 43.8. The van der Waals surface area contributed by atoms with E-state index in [1.807, 2.05) is 135 Å². The monoisotopic (exact) mass is 1050 g/mol. The maximum Gasteiger partial charge on any atom is 0.511 e. The van der Waals surface area contributed by atoms with Crippen molar-refractivity contribution in [1.29, 1.82) is 0 Å². The molecule has 0 radical (unpaired) electrons. The lowest BCUT2D eigenvalue weighted by molar-refractivity contribution is -0.153. The van der Waals surface area contributed by atoms with Crippen LogP contribution in [0, 0.1) is 5.92 Å². The van der Waals surface area contributed by atoms with Crippen molar-refractivity contribution in [3.63, 3.8) is 0 Å². The predicted molar refractivity (Wildman–Crippen MR) is 286 cm³/mol. The summed E-state index contributed by atoms with van der Waals surface area (Å²) in [5, 5.41) is 38.2. The van der Waals surface area contributed by atoms with Crippen LogP contribution < -0.4 is 4.74 Å². The molecule has 0 bridgehead atoms. The van der Waals surface area contributed by atoms with Gasteiger partial charge in [-0.2, -0.15) is 4.98 Å². The molecule has 1 aliphatic carbocycles. The highest BCUT2D eigenvalue weighted by Crippen LogP contribution is 2.33. The first-order valence-corrected chi connectivity index (χ1v) is 26.0. The zero-order valence-corrected chi connectivity index (χ0v) is 43.8. The van der Waals surface area contributed by atoms with Crippen molar-refractivity contribution in [2.45, 2.75) is 118 Å². The fraction of sp³-hybridized carbons (Fsp3) is 0.351. The Morgan fingerprint density at radius 1 is 0.714 bits per heavy atom. The second-order valence-electron chi connectivity index (χ2n) is 18.9. The van der Waals surface area contributed by atoms with E-state index >= 15 is 0 Å². The summed E-state index contributed by atoms with van der Waals surface area (Å²) < 4.78 is 23.9. The van der Waals surface area contributed by atoms with Crippen LogP contribution in [-0.2, 0) is 36.9 Å². The van der Waals surface area contributed by atoms with E-state index in [2.05, 4.69) is 46.2 Å². The molecule has 0 saturated heterocycles. The number of hydrogen-bond acceptors (Lipinski definition) is 15. The van der Waals surface area contributed by atoms with Crippen molar-refractivity contribution < 1.29 is 43.2 Å². The smallest absolute Gasteiger partial charge is 0.480 e. The number of fused-ring (bicyclic) bond motifs is 1. The Balaban J connectivity index is 0.000000216. The molecule has 8 aromatic rings. The minimum absolute atomic E-state index is 0.125. The summed E-state index contributed by atoms with van der Waals surface area (Å²) in [5.74, 6) is -0.785. The summed E-state index contributed by atoms with van der Waals surface area (Å²) in [7, 11) is 0. The van der Waals surface area contributed by atoms with Gasteiger partial charge in [0.25, 0.3) is 6.01 Å². The molecule has 1 saturated carbocycles. The third kappa shape index (κ3) is 13.7. The van der Waals surface area contributed by atoms with Crippen LogP contribution in [0.3, 0.4) is 0 Å². The maximum absolute atomic E-state index is 13.4. The Morgan fingerprint density at radius 2 is 1.30 bits per heavy atom. The number of hydrogen-bond donors (Lipinski definition) is 3. The number of aliphatic carboxylic acids is 1. The highest BCUT2D eigenvalue weighted by atomic mass is 16.8. The van der Waals surface area contributed by atoms with Gasteiger partial charge >= 0.3 is 18.1 Å². The summed E-state index contributed by atoms with van der Waals surface area (Å²) in [4.78, 5) is 56.6. The molecule has 1 amide bonds. The van der Waals surface area contributed by atoms with E-state index in [1.165, 1.54) is 11.8 Å². The van der Waals surface area contributed by atoms with Crippen LogP contribution in [0.1, 0.15) is 107 Å². The Hall–Kier alpha value is -8.81. The molecule has 1 aliphatic rings. The number of unbranched alkanes of at least 4 members (excludes halogenated alkanes) is 1. The minimum Gasteiger partial charge on any atom is -0.480 e. The van der Waals surface area contributed by atoms with E-state index in [9.17, 15) is 24.3 Å². The summed E-state index contributed by atoms with van der Waals surface area (Å²) in [6.07, 6.45) is 4.63. The average Bonchev–Trinajstić information content (AvgIpc) is 4.25. The van der Waals surface area contributed by atoms with Crippen LogP contribution in [-0.4, -0.2) is 110 Å². The fourth-order valence-corrected chi connectivity index (χ4v) is 9.42. The number of nitrogens with one attached hydrogen (secondary N) is 2. The molecular formula is C57H63N11O9. The van der Waals surface area contributed by atoms with Crippen molar-refractivity contribution in [3.8, 4) is 51.0 Å². The molecule has 0 spiro atoms. The number of tetrazole rings is 2. The van der Waals surface area contributed by atoms with Gasteiger partial charge in [0.15, 0.2) is 11.6 Å². The van der Waals surface area contributed by atoms with E-state index in [4.69, 9.17) is 18.9 Å². The van der Waals surface area contributed by atoms with Gasteiger partial charge in [-0.05, 0) is 111 Å². The zero-order chi connectivity index (χ0) is 54.3. The van der Waals surface area contributed by atoms with Crippen molar-refractivity contribution in [1.82, 2.24) is 55.7 Å². The van der Waals surface area contributed by atoms with E-state index < -0.39 is 30.4 Å². The highest BCUT2D eigenvalue weighted by Gasteiger charge is 2.32. The van der Waals surface area contributed by atoms with Crippen LogP contribution in [0.5, 0.6) is 6.01 Å². The molecule has 2 atom stereocenters. The number of carbonyl (C=O) groups excluding carboxylic acids is 3. The van der Waals surface area contributed by atoms with E-state index in [0.29, 0.717) is 48.3 Å². The molecule has 20 nitrogen and oxygen atoms in total. The summed E-state index contributed by atoms with van der Waals surface area (Å²) in [5.41, 5.74) is 8.93. The number of rotatable bonds is 20. The lowest BCUT2D eigenvalue weighted by atomic mass is 9.97. The number of carboxylic acid groups (broad SMARTS) is 1. The number of H-pyrrole nitrogens is 2. The second kappa shape index (κ2) is 26.1. The van der Waals surface area contributed by atoms with Gasteiger partial charge in [-0.1, -0.05) is 137 Å². The largest absolute Gasteiger partial charge is 0.511 e. The summed E-state index contributed by atoms with van der Waals surface area (Å²) >= 11 is 0. The van der Waals surface area contributed by atoms with Gasteiger partial charge in [-0.25, -0.2) is 24.6 Å². The highest BCUT2D eigenvalue weighted by molar-refractivity contribution is 6.02. The molecule has 20 heteroatoms. The molecule has 1 unspecified atom stereocenters. The Labute approximate surface area is 445 Å². The molecule has 9 rings (SSSR count). The summed E-state index contributed by atoms with van der Waals surface area (Å²) in [6, 6.07) is 36.3. The number of benzene rings is 5. The average molecular weight is 1050 g/mol. The standard InChI is InChI=1S/C33H34N6O6.C24H29N5O3/c1-3-42-32-34-28-15-9-14-27(31(40)43-21(2)44-33(41)45-24-10-5-4-6-11-24)29(28)39(32)20-22-16-18-23(19-17-22)25-12-7-8-13-26(25)30-35-37-38-36-30;1-4-5-10-21(30)29(22(16(2)3)24(31)32)15-17-11-13-18(14-12-17)19-8-6-7-9-20(19)23-25-27-28-26-23/h7-9,12-19,21,24H,3-6,10-11,20H2,1-2H3,(H,35,36,37,38);6-9,11-14,16,22H,4-5,10,15H2,1-3H3,(H,31,32)(H,25,26,27,28)/t;22-/m.0/s1. The first-order valence-electron chi connectivity index (χ1n) is 26.0. The third-order valence-corrected chi connectivity index (χ3v) is 13.1. The Bertz CT molecular complexity index is 3210. The van der Waals surface area contributed by atoms with Gasteiger partial charge in [0.2, 0.25) is 12.2 Å². The topological polar surface area (TPSA) is 255 Å². The molecule has 3 aromatic heterocycles. The predicted octanol–water partition coefficient (Wildman–Crippen LogP) is 10.5. The van der Waals surface area contributed by atoms with Gasteiger partial charge in [-0.15, -0.1) is 10.2 Å². The van der Waals surface area contributed by atoms with Crippen molar-refractivity contribution in [3.05, 3.63) is 132 Å². The van der Waals surface area contributed by atoms with Gasteiger partial charge in [-0.3, -0.25) is 9.36 Å². The minimum atomic E-state index is -1.14. The van der Waals surface area contributed by atoms with E-state index in [0.717, 1.165) is 89.5 Å². The lowest BCUT2D eigenvalue weighted by Gasteiger charge is -2.32. The number of nitrogens with zero attached hydrogens (tertiary/aromatic N) is 9. The molecule has 5 aromatic carbocycles. The molecule has 3 heterocycles. The van der Waals surface area contributed by atoms with Gasteiger partial charge in [0.1, 0.15) is 12.1 Å². The van der Waals surface area contributed by atoms with E-state index in [1.54, 1.807) is 12.1 Å². The Morgan fingerprint density at radius 3 is 1.83 bits per heavy atom. The quantitative estimate of drug-likeness (QED) is 0.0474. The number of esters is 1. The Kier molecular flexibility index (Phi) is 18.5. The van der Waals surface area contributed by atoms with E-state index in [-0.39, 0.29) is 30.0 Å². The molecule has 400 valence electrons. The number of ether oxygens (including phenoxy) is 4. The van der Waals surface area contributed by atoms with Crippen LogP contribution in [0.15, 0.2) is 115 Å². The number of para-hydroxylation sites is 1. The van der Waals surface area contributed by atoms with Crippen LogP contribution in [0.2, 0.25) is 0 Å². The number of aromatic amines is 2. The normalized spacial score (nSPS) is 13.3. The molecular weight excluding hydrogens is 983 g/mol. The lowest BCUT2D eigenvalue weighted by Crippen LogP contribution is -2.47. The number of amides is 1. The van der Waals surface area contributed by atoms with Crippen LogP contribution >= 0.6 is 0 Å². The number of carboxylic acids is 1. The number of imidazole rings is 1. The van der Waals surface area contributed by atoms with Crippen LogP contribution in [0.25, 0.3) is 56.1 Å². The molecule has 77 heavy (non-hydrogen) atoms. The summed E-state index contributed by atoms with van der Waals surface area (Å²) in [6.45, 7) is 10.1. The van der Waals surface area contributed by atoms with Crippen molar-refractivity contribution >= 4 is 35.0 Å². The second-order valence-corrected chi connectivity index (χ2v) is 18.9. The molecule has 1 fully saturated rings. The third-order valence-electron chi connectivity index (χ3n) is 13.1. The van der Waals surface area contributed by atoms with Crippen molar-refractivity contribution in [2.75, 3.05) is 6.61 Å². The van der Waals surface area contributed by atoms with Gasteiger partial charge in [0.05, 0.1) is 29.7 Å². The van der Waals surface area contributed by atoms with Crippen molar-refractivity contribution in [2.24, 2.45) is 5.92 Å². The molecule has 0 aliphatic heterocycles. The van der Waals surface area contributed by atoms with Gasteiger partial charge < -0.3 is 29.0 Å².